The van der Waals surface area contributed by atoms with Gasteiger partial charge in [0.05, 0.1) is 19.2 Å². The molecule has 0 aromatic heterocycles. The third kappa shape index (κ3) is 3.84. The Bertz CT molecular complexity index is 292. The lowest BCUT2D eigenvalue weighted by Gasteiger charge is -2.47. The standard InChI is InChI=1S/C14H30BNO2Si/c1-6-19(7-2,8-3)14(12-16,13(4)5)10-9-11-15(17)18/h13,17-18H,6-11H2,1-5H3. The summed E-state index contributed by atoms with van der Waals surface area (Å²) in [7, 11) is -2.90. The fourth-order valence-electron chi connectivity index (χ4n) is 3.73. The number of nitrogens with zero attached hydrogens (tertiary/aromatic N) is 1. The molecule has 0 aromatic rings. The first kappa shape index (κ1) is 18.7. The summed E-state index contributed by atoms with van der Waals surface area (Å²) in [5, 5.41) is 27.7. The summed E-state index contributed by atoms with van der Waals surface area (Å²) in [5.74, 6) is 0.333. The Morgan fingerprint density at radius 1 is 1.16 bits per heavy atom. The summed E-state index contributed by atoms with van der Waals surface area (Å²) >= 11 is 0. The van der Waals surface area contributed by atoms with Gasteiger partial charge in [-0.05, 0) is 18.7 Å². The molecule has 0 saturated heterocycles. The van der Waals surface area contributed by atoms with Crippen LogP contribution in [0.3, 0.4) is 0 Å². The lowest BCUT2D eigenvalue weighted by atomic mass is 9.80. The average molecular weight is 283 g/mol. The molecule has 3 nitrogen and oxygen atoms in total. The summed E-state index contributed by atoms with van der Waals surface area (Å²) < 4.78 is 0. The molecule has 0 amide bonds. The maximum Gasteiger partial charge on any atom is 0.451 e. The summed E-state index contributed by atoms with van der Waals surface area (Å²) in [6, 6.07) is 6.08. The van der Waals surface area contributed by atoms with Gasteiger partial charge in [0.25, 0.3) is 0 Å². The van der Waals surface area contributed by atoms with Crippen molar-refractivity contribution >= 4 is 15.2 Å². The SMILES string of the molecule is CC[Si](CC)(CC)C(C#N)(CCCB(O)O)C(C)C. The van der Waals surface area contributed by atoms with Crippen LogP contribution in [-0.2, 0) is 0 Å². The number of nitriles is 1. The van der Waals surface area contributed by atoms with E-state index in [1.165, 1.54) is 0 Å². The lowest BCUT2D eigenvalue weighted by Crippen LogP contribution is -2.48. The molecule has 0 aliphatic heterocycles. The predicted octanol–water partition coefficient (Wildman–Crippen LogP) is 3.67. The normalized spacial score (nSPS) is 15.1. The third-order valence-electron chi connectivity index (χ3n) is 5.20. The fourth-order valence-corrected chi connectivity index (χ4v) is 9.29. The molecule has 0 fully saturated rings. The molecule has 0 saturated carbocycles. The highest BCUT2D eigenvalue weighted by molar-refractivity contribution is 6.83. The molecule has 0 radical (unpaired) electrons. The first-order valence-corrected chi connectivity index (χ1v) is 10.2. The Morgan fingerprint density at radius 3 is 1.89 bits per heavy atom. The molecule has 110 valence electrons. The maximum atomic E-state index is 9.90. The highest BCUT2D eigenvalue weighted by Crippen LogP contribution is 2.53. The van der Waals surface area contributed by atoms with Gasteiger partial charge >= 0.3 is 7.12 Å². The van der Waals surface area contributed by atoms with Gasteiger partial charge in [0.15, 0.2) is 0 Å². The van der Waals surface area contributed by atoms with Gasteiger partial charge in [-0.3, -0.25) is 0 Å². The van der Waals surface area contributed by atoms with Crippen molar-refractivity contribution in [3.05, 3.63) is 0 Å². The van der Waals surface area contributed by atoms with Crippen LogP contribution in [0.5, 0.6) is 0 Å². The van der Waals surface area contributed by atoms with Crippen molar-refractivity contribution in [2.24, 2.45) is 5.92 Å². The van der Waals surface area contributed by atoms with Gasteiger partial charge < -0.3 is 10.0 Å². The van der Waals surface area contributed by atoms with Crippen LogP contribution in [0, 0.1) is 17.2 Å². The van der Waals surface area contributed by atoms with E-state index in [0.717, 1.165) is 31.0 Å². The zero-order chi connectivity index (χ0) is 15.1. The van der Waals surface area contributed by atoms with Crippen molar-refractivity contribution < 1.29 is 10.0 Å². The number of hydrogen-bond acceptors (Lipinski definition) is 3. The minimum absolute atomic E-state index is 0.236. The van der Waals surface area contributed by atoms with E-state index in [1.807, 2.05) is 0 Å². The van der Waals surface area contributed by atoms with E-state index in [-0.39, 0.29) is 5.04 Å². The second kappa shape index (κ2) is 8.08. The molecule has 0 aliphatic carbocycles. The Morgan fingerprint density at radius 2 is 1.63 bits per heavy atom. The summed E-state index contributed by atoms with van der Waals surface area (Å²) in [5.41, 5.74) is 0. The Balaban J connectivity index is 5.33. The van der Waals surface area contributed by atoms with E-state index in [9.17, 15) is 5.26 Å². The van der Waals surface area contributed by atoms with Gasteiger partial charge in [-0.15, -0.1) is 0 Å². The minimum Gasteiger partial charge on any atom is -0.427 e. The van der Waals surface area contributed by atoms with Crippen molar-refractivity contribution in [1.29, 1.82) is 5.26 Å². The van der Waals surface area contributed by atoms with Crippen LogP contribution in [0.2, 0.25) is 29.5 Å². The molecular formula is C14H30BNO2Si. The Hall–Kier alpha value is -0.308. The van der Waals surface area contributed by atoms with E-state index in [1.54, 1.807) is 0 Å². The third-order valence-corrected chi connectivity index (χ3v) is 12.1. The van der Waals surface area contributed by atoms with Gasteiger partial charge in [0, 0.05) is 0 Å². The van der Waals surface area contributed by atoms with Crippen LogP contribution in [0.4, 0.5) is 0 Å². The molecule has 0 rings (SSSR count). The highest BCUT2D eigenvalue weighted by Gasteiger charge is 2.51. The van der Waals surface area contributed by atoms with Crippen LogP contribution in [0.25, 0.3) is 0 Å². The van der Waals surface area contributed by atoms with E-state index < -0.39 is 15.2 Å². The molecule has 2 N–H and O–H groups in total. The van der Waals surface area contributed by atoms with Crippen molar-refractivity contribution in [1.82, 2.24) is 0 Å². The molecule has 0 spiro atoms. The van der Waals surface area contributed by atoms with Crippen LogP contribution in [0.1, 0.15) is 47.5 Å². The van der Waals surface area contributed by atoms with Gasteiger partial charge in [-0.25, -0.2) is 0 Å². The average Bonchev–Trinajstić information content (AvgIpc) is 2.38. The lowest BCUT2D eigenvalue weighted by molar-refractivity contribution is 0.390. The molecule has 1 unspecified atom stereocenters. The number of hydrogen-bond donors (Lipinski definition) is 2. The molecule has 0 aromatic carbocycles. The smallest absolute Gasteiger partial charge is 0.427 e. The first-order valence-electron chi connectivity index (χ1n) is 7.63. The fraction of sp³-hybridized carbons (Fsp3) is 0.929. The van der Waals surface area contributed by atoms with Crippen LogP contribution in [0.15, 0.2) is 0 Å². The van der Waals surface area contributed by atoms with Crippen LogP contribution >= 0.6 is 0 Å². The van der Waals surface area contributed by atoms with Crippen molar-refractivity contribution in [2.75, 3.05) is 0 Å². The minimum atomic E-state index is -1.66. The zero-order valence-corrected chi connectivity index (χ0v) is 14.2. The molecule has 1 atom stereocenters. The second-order valence-electron chi connectivity index (χ2n) is 5.95. The monoisotopic (exact) mass is 283 g/mol. The highest BCUT2D eigenvalue weighted by atomic mass is 28.3. The van der Waals surface area contributed by atoms with E-state index >= 15 is 0 Å². The summed E-state index contributed by atoms with van der Waals surface area (Å²) in [6.07, 6.45) is 1.90. The predicted molar refractivity (Wildman–Crippen MR) is 84.6 cm³/mol. The molecule has 0 heterocycles. The quantitative estimate of drug-likeness (QED) is 0.635. The van der Waals surface area contributed by atoms with E-state index in [2.05, 4.69) is 40.7 Å². The Kier molecular flexibility index (Phi) is 7.95. The van der Waals surface area contributed by atoms with Crippen LogP contribution in [-0.4, -0.2) is 25.2 Å². The molecule has 19 heavy (non-hydrogen) atoms. The van der Waals surface area contributed by atoms with Gasteiger partial charge in [0.1, 0.15) is 0 Å². The first-order chi connectivity index (χ1) is 8.85. The molecule has 0 aliphatic rings. The summed E-state index contributed by atoms with van der Waals surface area (Å²) in [6.45, 7) is 11.0. The van der Waals surface area contributed by atoms with Crippen molar-refractivity contribution in [2.45, 2.75) is 77.0 Å². The van der Waals surface area contributed by atoms with Gasteiger partial charge in [-0.2, -0.15) is 5.26 Å². The Labute approximate surface area is 120 Å². The van der Waals surface area contributed by atoms with Gasteiger partial charge in [0.2, 0.25) is 0 Å². The summed E-state index contributed by atoms with van der Waals surface area (Å²) in [4.78, 5) is 0. The van der Waals surface area contributed by atoms with Crippen LogP contribution < -0.4 is 0 Å². The van der Waals surface area contributed by atoms with Crippen molar-refractivity contribution in [3.8, 4) is 6.07 Å². The molecule has 5 heteroatoms. The zero-order valence-electron chi connectivity index (χ0n) is 13.2. The van der Waals surface area contributed by atoms with Gasteiger partial charge in [-0.1, -0.05) is 59.2 Å². The number of rotatable bonds is 9. The van der Waals surface area contributed by atoms with Crippen molar-refractivity contribution in [3.63, 3.8) is 0 Å². The van der Waals surface area contributed by atoms with E-state index in [0.29, 0.717) is 12.2 Å². The van der Waals surface area contributed by atoms with E-state index in [4.69, 9.17) is 10.0 Å². The topological polar surface area (TPSA) is 64.2 Å². The second-order valence-corrected chi connectivity index (χ2v) is 11.5. The molecule has 0 bridgehead atoms. The largest absolute Gasteiger partial charge is 0.451 e. The molecular weight excluding hydrogens is 253 g/mol. The maximum absolute atomic E-state index is 9.90.